The fourth-order valence-corrected chi connectivity index (χ4v) is 13.3. The van der Waals surface area contributed by atoms with Gasteiger partial charge in [-0.05, 0) is 90.3 Å². The molecule has 462 valence electrons. The van der Waals surface area contributed by atoms with E-state index in [0.717, 1.165) is 4.57 Å². The summed E-state index contributed by atoms with van der Waals surface area (Å²) in [6.07, 6.45) is -6.16. The highest BCUT2D eigenvalue weighted by molar-refractivity contribution is 7.49. The Labute approximate surface area is 519 Å². The van der Waals surface area contributed by atoms with Crippen LogP contribution in [0.25, 0.3) is 0 Å². The fourth-order valence-electron chi connectivity index (χ4n) is 9.96. The number of ether oxygens (including phenoxy) is 5. The molecule has 1 amide bonds. The van der Waals surface area contributed by atoms with Gasteiger partial charge in [0.1, 0.15) is 71.3 Å². The second-order valence-electron chi connectivity index (χ2n) is 20.1. The topological polar surface area (TPSA) is 278 Å². The third-order valence-corrected chi connectivity index (χ3v) is 17.8. The van der Waals surface area contributed by atoms with Gasteiger partial charge >= 0.3 is 27.0 Å². The van der Waals surface area contributed by atoms with Crippen LogP contribution in [0.15, 0.2) is 191 Å². The Kier molecular flexibility index (Phi) is 20.5. The molecule has 8 aromatic rings. The van der Waals surface area contributed by atoms with Gasteiger partial charge in [-0.3, -0.25) is 41.8 Å². The summed E-state index contributed by atoms with van der Waals surface area (Å²) in [6.45, 7) is -0.0669. The maximum absolute atomic E-state index is 16.0. The average molecular weight is 1290 g/mol. The minimum absolute atomic E-state index is 0.0110. The number of anilines is 1. The number of carbonyl (C=O) groups is 1. The lowest BCUT2D eigenvalue weighted by Crippen LogP contribution is -2.38. The SMILES string of the molecule is COc1ccc(C(OC[C@H]2O[C@@H](n3cc(C)c(=O)[nH]c3=O)C[C@@H]2OP(=O)(OC[C@H]2O[C@@H](n3ccc(NC(=O)c4ccccc4)nc3=O)C[C@@H]2OP(=O)(OCCC#N)Oc2ccccc2Cl)Oc2ccccc2Cl)(c2ccccc2)c2ccc(OC)cc2)cc1. The Morgan fingerprint density at radius 2 is 1.19 bits per heavy atom. The molecule has 6 aromatic carbocycles. The maximum Gasteiger partial charge on any atom is 0.530 e. The first kappa shape index (κ1) is 63.8. The van der Waals surface area contributed by atoms with E-state index in [1.54, 1.807) is 93.1 Å². The molecule has 8 atom stereocenters. The summed E-state index contributed by atoms with van der Waals surface area (Å²) in [5.41, 5.74) is -1.30. The number of benzene rings is 6. The summed E-state index contributed by atoms with van der Waals surface area (Å²) in [4.78, 5) is 59.7. The van der Waals surface area contributed by atoms with Crippen LogP contribution in [0.4, 0.5) is 5.82 Å². The molecule has 2 aliphatic rings. The van der Waals surface area contributed by atoms with Crippen molar-refractivity contribution in [2.24, 2.45) is 0 Å². The lowest BCUT2D eigenvalue weighted by Gasteiger charge is -2.37. The van der Waals surface area contributed by atoms with Crippen molar-refractivity contribution in [2.45, 2.75) is 68.7 Å². The van der Waals surface area contributed by atoms with Gasteiger partial charge in [-0.1, -0.05) is 120 Å². The number of H-pyrrole nitrogens is 1. The number of carbonyl (C=O) groups excluding carboxylic acids is 1. The number of methoxy groups -OCH3 is 2. The fraction of sp³-hybridized carbons (Fsp3) is 0.258. The highest BCUT2D eigenvalue weighted by Gasteiger charge is 2.50. The minimum Gasteiger partial charge on any atom is -0.497 e. The van der Waals surface area contributed by atoms with Gasteiger partial charge in [0.25, 0.3) is 11.5 Å². The zero-order chi connectivity index (χ0) is 62.7. The number of rotatable bonds is 26. The van der Waals surface area contributed by atoms with Gasteiger partial charge in [-0.15, -0.1) is 0 Å². The first-order chi connectivity index (χ1) is 43.0. The molecule has 0 aliphatic carbocycles. The van der Waals surface area contributed by atoms with Crippen molar-refractivity contribution in [2.75, 3.05) is 39.4 Å². The number of phosphoric ester groups is 2. The predicted molar refractivity (Wildman–Crippen MR) is 326 cm³/mol. The highest BCUT2D eigenvalue weighted by atomic mass is 35.5. The number of hydrogen-bond donors (Lipinski definition) is 2. The van der Waals surface area contributed by atoms with Crippen molar-refractivity contribution in [3.8, 4) is 29.1 Å². The van der Waals surface area contributed by atoms with Gasteiger partial charge in [-0.25, -0.2) is 18.7 Å². The molecule has 2 aromatic heterocycles. The van der Waals surface area contributed by atoms with E-state index in [9.17, 15) is 29.0 Å². The number of amides is 1. The third-order valence-electron chi connectivity index (χ3n) is 14.4. The van der Waals surface area contributed by atoms with Gasteiger partial charge in [0.15, 0.2) is 0 Å². The van der Waals surface area contributed by atoms with Crippen LogP contribution in [-0.4, -0.2) is 83.5 Å². The van der Waals surface area contributed by atoms with E-state index in [-0.39, 0.29) is 58.8 Å². The van der Waals surface area contributed by atoms with Crippen molar-refractivity contribution in [1.29, 1.82) is 5.26 Å². The summed E-state index contributed by atoms with van der Waals surface area (Å²) in [6, 6.07) is 47.6. The van der Waals surface area contributed by atoms with Crippen LogP contribution < -0.4 is 40.8 Å². The molecule has 2 N–H and O–H groups in total. The Hall–Kier alpha value is -8.20. The molecule has 4 heterocycles. The molecule has 0 radical (unpaired) electrons. The van der Waals surface area contributed by atoms with E-state index < -0.39 is 94.2 Å². The molecule has 0 spiro atoms. The number of aromatic nitrogens is 4. The number of aryl methyl sites for hydroxylation is 1. The molecule has 0 saturated carbocycles. The number of phosphoric acid groups is 2. The number of para-hydroxylation sites is 2. The normalized spacial score (nSPS) is 19.5. The van der Waals surface area contributed by atoms with Gasteiger partial charge in [0, 0.05) is 36.4 Å². The summed E-state index contributed by atoms with van der Waals surface area (Å²) in [5.74, 6) is 0.259. The molecule has 89 heavy (non-hydrogen) atoms. The lowest BCUT2D eigenvalue weighted by atomic mass is 9.80. The molecule has 2 aliphatic heterocycles. The molecule has 2 saturated heterocycles. The number of nitrogens with one attached hydrogen (secondary N) is 2. The molecular weight excluding hydrogens is 1230 g/mol. The summed E-state index contributed by atoms with van der Waals surface area (Å²) in [7, 11) is -6.89. The van der Waals surface area contributed by atoms with Crippen molar-refractivity contribution in [1.82, 2.24) is 19.1 Å². The predicted octanol–water partition coefficient (Wildman–Crippen LogP) is 11.4. The summed E-state index contributed by atoms with van der Waals surface area (Å²) >= 11 is 13.1. The minimum atomic E-state index is -5.15. The maximum atomic E-state index is 16.0. The average Bonchev–Trinajstić information content (AvgIpc) is 1.42. The van der Waals surface area contributed by atoms with Crippen molar-refractivity contribution in [3.05, 3.63) is 245 Å². The van der Waals surface area contributed by atoms with Crippen LogP contribution >= 0.6 is 38.8 Å². The van der Waals surface area contributed by atoms with E-state index in [1.165, 1.54) is 54.2 Å². The van der Waals surface area contributed by atoms with Crippen molar-refractivity contribution >= 4 is 50.6 Å². The van der Waals surface area contributed by atoms with E-state index >= 15 is 4.57 Å². The Morgan fingerprint density at radius 3 is 1.73 bits per heavy atom. The van der Waals surface area contributed by atoms with E-state index in [1.807, 2.05) is 60.7 Å². The van der Waals surface area contributed by atoms with E-state index in [0.29, 0.717) is 33.8 Å². The number of halogens is 2. The molecule has 10 rings (SSSR count). The smallest absolute Gasteiger partial charge is 0.497 e. The zero-order valence-corrected chi connectivity index (χ0v) is 51.1. The third kappa shape index (κ3) is 15.1. The second-order valence-corrected chi connectivity index (χ2v) is 24.0. The van der Waals surface area contributed by atoms with Crippen molar-refractivity contribution in [3.63, 3.8) is 0 Å². The monoisotopic (exact) mass is 1290 g/mol. The lowest BCUT2D eigenvalue weighted by molar-refractivity contribution is -0.0949. The second kappa shape index (κ2) is 28.5. The summed E-state index contributed by atoms with van der Waals surface area (Å²) < 4.78 is 101. The molecular formula is C62H58Cl2N6O17P2. The largest absolute Gasteiger partial charge is 0.530 e. The Bertz CT molecular complexity index is 4050. The first-order valence-electron chi connectivity index (χ1n) is 27.7. The first-order valence-corrected chi connectivity index (χ1v) is 31.3. The Balaban J connectivity index is 1.02. The zero-order valence-electron chi connectivity index (χ0n) is 47.8. The highest BCUT2D eigenvalue weighted by Crippen LogP contribution is 2.57. The Morgan fingerprint density at radius 1 is 0.685 bits per heavy atom. The van der Waals surface area contributed by atoms with Crippen LogP contribution in [-0.2, 0) is 47.0 Å². The summed E-state index contributed by atoms with van der Waals surface area (Å²) in [5, 5.41) is 12.1. The van der Waals surface area contributed by atoms with E-state index in [4.69, 9.17) is 74.0 Å². The molecule has 2 fully saturated rings. The number of nitrogens with zero attached hydrogens (tertiary/aromatic N) is 4. The van der Waals surface area contributed by atoms with Gasteiger partial charge in [-0.2, -0.15) is 10.2 Å². The molecule has 0 bridgehead atoms. The van der Waals surface area contributed by atoms with Crippen LogP contribution in [0.2, 0.25) is 10.0 Å². The number of hydrogen-bond acceptors (Lipinski definition) is 19. The molecule has 23 nitrogen and oxygen atoms in total. The van der Waals surface area contributed by atoms with Crippen LogP contribution in [0.3, 0.4) is 0 Å². The quantitative estimate of drug-likeness (QED) is 0.0289. The number of nitriles is 1. The van der Waals surface area contributed by atoms with Crippen LogP contribution in [0, 0.1) is 18.3 Å². The van der Waals surface area contributed by atoms with Crippen LogP contribution in [0.1, 0.15) is 64.3 Å². The number of aromatic amines is 1. The van der Waals surface area contributed by atoms with Crippen molar-refractivity contribution < 1.29 is 64.8 Å². The van der Waals surface area contributed by atoms with Crippen LogP contribution in [0.5, 0.6) is 23.0 Å². The standard InChI is InChI=1S/C62H58Cl2N6O17P2/c1-40-37-70(61(74)68-58(40)71)57-36-51(53(82-57)38-79-62(42-17-8-5-9-18-42,43-23-27-45(77-2)28-24-43)44-25-29-46(78-3)30-26-44)87-89(76,85-50-22-13-11-20-48(50)64)81-39-54-52(86-88(75,80-34-14-32-65)84-49-21-12-10-19-47(49)63)35-56(83-54)69-33-31-55(67-60(69)73)66-59(72)41-15-6-4-7-16-41/h4-13,15-31,33,37,51-54,56-57H,14,34-36,38-39H2,1-3H3,(H,68,71,74)(H,66,67,72,73)/t51-,52-,53+,54+,56+,57+,88?,89?/m0/s1. The molecule has 27 heteroatoms. The van der Waals surface area contributed by atoms with Gasteiger partial charge in [0.05, 0.1) is 56.6 Å². The van der Waals surface area contributed by atoms with Gasteiger partial charge < -0.3 is 38.0 Å². The van der Waals surface area contributed by atoms with Gasteiger partial charge in [0.2, 0.25) is 0 Å². The molecule has 2 unspecified atom stereocenters. The van der Waals surface area contributed by atoms with E-state index in [2.05, 4.69) is 15.3 Å².